The van der Waals surface area contributed by atoms with Gasteiger partial charge in [-0.05, 0) is 42.3 Å². The third kappa shape index (κ3) is 5.71. The van der Waals surface area contributed by atoms with E-state index in [4.69, 9.17) is 9.88 Å². The highest BCUT2D eigenvalue weighted by Crippen LogP contribution is 2.18. The second-order valence-electron chi connectivity index (χ2n) is 7.41. The number of hydrogen-bond donors (Lipinski definition) is 2. The zero-order chi connectivity index (χ0) is 21.7. The number of nitrogens with zero attached hydrogens (tertiary/aromatic N) is 2. The zero-order valence-electron chi connectivity index (χ0n) is 17.2. The van der Waals surface area contributed by atoms with Crippen molar-refractivity contribution in [2.24, 2.45) is 5.14 Å². The molecule has 30 heavy (non-hydrogen) atoms. The van der Waals surface area contributed by atoms with Crippen molar-refractivity contribution >= 4 is 21.7 Å². The average Bonchev–Trinajstić information content (AvgIpc) is 2.74. The molecular formula is C21H28N4O4S. The molecule has 8 nitrogen and oxygen atoms in total. The highest BCUT2D eigenvalue weighted by Gasteiger charge is 2.16. The largest absolute Gasteiger partial charge is 0.378 e. The number of amides is 2. The minimum atomic E-state index is -3.73. The van der Waals surface area contributed by atoms with E-state index in [-0.39, 0.29) is 17.0 Å². The van der Waals surface area contributed by atoms with Gasteiger partial charge >= 0.3 is 6.03 Å². The molecule has 1 heterocycles. The van der Waals surface area contributed by atoms with E-state index in [1.54, 1.807) is 24.1 Å². The molecule has 0 radical (unpaired) electrons. The number of benzene rings is 2. The standard InChI is InChI=1S/C21H28N4O4S/c1-16(18-5-9-20(10-6-18)30(22,27)28)23-21(26)24(2)15-17-3-7-19(8-4-17)25-11-13-29-14-12-25/h3-10,16H,11-15H2,1-2H3,(H,23,26)(H2,22,27,28)/t16-/m0/s1. The molecule has 0 bridgehead atoms. The Hall–Kier alpha value is -2.62. The van der Waals surface area contributed by atoms with Gasteiger partial charge in [-0.15, -0.1) is 0 Å². The Labute approximate surface area is 177 Å². The lowest BCUT2D eigenvalue weighted by Gasteiger charge is -2.29. The van der Waals surface area contributed by atoms with E-state index in [2.05, 4.69) is 22.3 Å². The third-order valence-electron chi connectivity index (χ3n) is 5.13. The highest BCUT2D eigenvalue weighted by atomic mass is 32.2. The normalized spacial score (nSPS) is 15.5. The lowest BCUT2D eigenvalue weighted by Crippen LogP contribution is -2.38. The van der Waals surface area contributed by atoms with Crippen LogP contribution in [0.3, 0.4) is 0 Å². The van der Waals surface area contributed by atoms with Crippen molar-refractivity contribution in [1.29, 1.82) is 0 Å². The Morgan fingerprint density at radius 1 is 1.13 bits per heavy atom. The Bertz CT molecular complexity index is 956. The van der Waals surface area contributed by atoms with Crippen molar-refractivity contribution in [3.8, 4) is 0 Å². The van der Waals surface area contributed by atoms with Crippen molar-refractivity contribution in [2.75, 3.05) is 38.3 Å². The minimum Gasteiger partial charge on any atom is -0.378 e. The molecular weight excluding hydrogens is 404 g/mol. The van der Waals surface area contributed by atoms with Crippen LogP contribution in [0, 0.1) is 0 Å². The van der Waals surface area contributed by atoms with Gasteiger partial charge < -0.3 is 19.9 Å². The van der Waals surface area contributed by atoms with Crippen LogP contribution in [0.4, 0.5) is 10.5 Å². The fourth-order valence-corrected chi connectivity index (χ4v) is 3.82. The van der Waals surface area contributed by atoms with E-state index in [0.29, 0.717) is 6.54 Å². The van der Waals surface area contributed by atoms with Crippen LogP contribution in [0.1, 0.15) is 24.1 Å². The molecule has 1 aliphatic rings. The van der Waals surface area contributed by atoms with Crippen LogP contribution in [-0.2, 0) is 21.3 Å². The summed E-state index contributed by atoms with van der Waals surface area (Å²) in [6.45, 7) is 5.58. The first-order valence-corrected chi connectivity index (χ1v) is 11.3. The number of ether oxygens (including phenoxy) is 1. The van der Waals surface area contributed by atoms with E-state index >= 15 is 0 Å². The maximum atomic E-state index is 12.5. The number of sulfonamides is 1. The zero-order valence-corrected chi connectivity index (χ0v) is 18.1. The molecule has 9 heteroatoms. The number of urea groups is 1. The summed E-state index contributed by atoms with van der Waals surface area (Å²) in [6.07, 6.45) is 0. The molecule has 2 aromatic rings. The van der Waals surface area contributed by atoms with Gasteiger partial charge in [-0.3, -0.25) is 0 Å². The number of nitrogens with two attached hydrogens (primary N) is 1. The van der Waals surface area contributed by atoms with Crippen LogP contribution in [0.25, 0.3) is 0 Å². The summed E-state index contributed by atoms with van der Waals surface area (Å²) in [4.78, 5) is 16.5. The van der Waals surface area contributed by atoms with Crippen LogP contribution < -0.4 is 15.4 Å². The van der Waals surface area contributed by atoms with E-state index in [0.717, 1.165) is 43.1 Å². The molecule has 0 aromatic heterocycles. The predicted octanol–water partition coefficient (Wildman–Crippen LogP) is 2.07. The number of morpholine rings is 1. The molecule has 162 valence electrons. The van der Waals surface area contributed by atoms with E-state index in [1.807, 2.05) is 19.1 Å². The van der Waals surface area contributed by atoms with Crippen molar-refractivity contribution in [3.63, 3.8) is 0 Å². The maximum Gasteiger partial charge on any atom is 0.317 e. The van der Waals surface area contributed by atoms with Gasteiger partial charge in [-0.2, -0.15) is 0 Å². The summed E-state index contributed by atoms with van der Waals surface area (Å²) in [5.74, 6) is 0. The average molecular weight is 433 g/mol. The molecule has 1 atom stereocenters. The van der Waals surface area contributed by atoms with Gasteiger partial charge in [0.1, 0.15) is 0 Å². The topological polar surface area (TPSA) is 105 Å². The molecule has 0 unspecified atom stereocenters. The van der Waals surface area contributed by atoms with Crippen LogP contribution in [0.2, 0.25) is 0 Å². The van der Waals surface area contributed by atoms with Crippen LogP contribution >= 0.6 is 0 Å². The quantitative estimate of drug-likeness (QED) is 0.727. The summed E-state index contributed by atoms with van der Waals surface area (Å²) < 4.78 is 28.1. The van der Waals surface area contributed by atoms with E-state index < -0.39 is 10.0 Å². The van der Waals surface area contributed by atoms with Crippen molar-refractivity contribution < 1.29 is 17.9 Å². The Morgan fingerprint density at radius 2 is 1.73 bits per heavy atom. The second-order valence-corrected chi connectivity index (χ2v) is 8.97. The fourth-order valence-electron chi connectivity index (χ4n) is 3.30. The minimum absolute atomic E-state index is 0.0439. The summed E-state index contributed by atoms with van der Waals surface area (Å²) >= 11 is 0. The molecule has 3 N–H and O–H groups in total. The van der Waals surface area contributed by atoms with Gasteiger partial charge in [0.2, 0.25) is 10.0 Å². The molecule has 2 amide bonds. The van der Waals surface area contributed by atoms with E-state index in [1.165, 1.54) is 12.1 Å². The number of primary sulfonamides is 1. The number of carbonyl (C=O) groups is 1. The summed E-state index contributed by atoms with van der Waals surface area (Å²) in [5, 5.41) is 8.04. The Balaban J connectivity index is 1.55. The number of hydrogen-bond acceptors (Lipinski definition) is 5. The van der Waals surface area contributed by atoms with Crippen molar-refractivity contribution in [2.45, 2.75) is 24.4 Å². The van der Waals surface area contributed by atoms with Gasteiger partial charge in [0.05, 0.1) is 24.2 Å². The fraction of sp³-hybridized carbons (Fsp3) is 0.381. The monoisotopic (exact) mass is 432 g/mol. The molecule has 1 fully saturated rings. The first kappa shape index (κ1) is 22.1. The summed E-state index contributed by atoms with van der Waals surface area (Å²) in [5.41, 5.74) is 2.99. The van der Waals surface area contributed by atoms with Gasteiger partial charge in [0.15, 0.2) is 0 Å². The van der Waals surface area contributed by atoms with Crippen LogP contribution in [0.5, 0.6) is 0 Å². The second kappa shape index (κ2) is 9.46. The molecule has 1 saturated heterocycles. The SMILES string of the molecule is C[C@H](NC(=O)N(C)Cc1ccc(N2CCOCC2)cc1)c1ccc(S(N)(=O)=O)cc1. The lowest BCUT2D eigenvalue weighted by atomic mass is 10.1. The van der Waals surface area contributed by atoms with E-state index in [9.17, 15) is 13.2 Å². The van der Waals surface area contributed by atoms with Gasteiger partial charge in [0.25, 0.3) is 0 Å². The number of anilines is 1. The third-order valence-corrected chi connectivity index (χ3v) is 6.06. The highest BCUT2D eigenvalue weighted by molar-refractivity contribution is 7.89. The molecule has 2 aromatic carbocycles. The lowest BCUT2D eigenvalue weighted by molar-refractivity contribution is 0.122. The number of rotatable bonds is 6. The predicted molar refractivity (Wildman–Crippen MR) is 116 cm³/mol. The van der Waals surface area contributed by atoms with Gasteiger partial charge in [-0.25, -0.2) is 18.4 Å². The molecule has 3 rings (SSSR count). The first-order valence-electron chi connectivity index (χ1n) is 9.80. The molecule has 0 aliphatic carbocycles. The summed E-state index contributed by atoms with van der Waals surface area (Å²) in [7, 11) is -1.99. The van der Waals surface area contributed by atoms with Gasteiger partial charge in [0, 0.05) is 32.4 Å². The van der Waals surface area contributed by atoms with Crippen LogP contribution in [0.15, 0.2) is 53.4 Å². The number of nitrogens with one attached hydrogen (secondary N) is 1. The summed E-state index contributed by atoms with van der Waals surface area (Å²) in [6, 6.07) is 13.9. The number of carbonyl (C=O) groups excluding carboxylic acids is 1. The smallest absolute Gasteiger partial charge is 0.317 e. The van der Waals surface area contributed by atoms with Crippen molar-refractivity contribution in [3.05, 3.63) is 59.7 Å². The Kier molecular flexibility index (Phi) is 6.96. The maximum absolute atomic E-state index is 12.5. The van der Waals surface area contributed by atoms with Crippen LogP contribution in [-0.4, -0.2) is 52.7 Å². The molecule has 1 aliphatic heterocycles. The van der Waals surface area contributed by atoms with Crippen molar-refractivity contribution in [1.82, 2.24) is 10.2 Å². The molecule has 0 saturated carbocycles. The Morgan fingerprint density at radius 3 is 2.30 bits per heavy atom. The first-order chi connectivity index (χ1) is 14.2. The van der Waals surface area contributed by atoms with Gasteiger partial charge in [-0.1, -0.05) is 24.3 Å². The molecule has 0 spiro atoms.